The van der Waals surface area contributed by atoms with Crippen LogP contribution < -0.4 is 0 Å². The molecule has 0 aliphatic rings. The number of aromatic hydroxyl groups is 2. The zero-order chi connectivity index (χ0) is 25.8. The highest BCUT2D eigenvalue weighted by Crippen LogP contribution is 2.28. The summed E-state index contributed by atoms with van der Waals surface area (Å²) in [6, 6.07) is 3.08. The van der Waals surface area contributed by atoms with Crippen molar-refractivity contribution in [1.29, 1.82) is 0 Å². The summed E-state index contributed by atoms with van der Waals surface area (Å²) in [6.07, 6.45) is 10.4. The molecule has 0 radical (unpaired) electrons. The first-order chi connectivity index (χ1) is 15.9. The molecule has 0 spiro atoms. The minimum absolute atomic E-state index is 0.121. The van der Waals surface area contributed by atoms with Gasteiger partial charge >= 0.3 is 5.97 Å². The molecule has 2 N–H and O–H groups in total. The molecular formula is C29H40O5. The lowest BCUT2D eigenvalue weighted by atomic mass is 10.0. The van der Waals surface area contributed by atoms with E-state index in [1.54, 1.807) is 13.0 Å². The first-order valence-electron chi connectivity index (χ1n) is 11.7. The van der Waals surface area contributed by atoms with Gasteiger partial charge < -0.3 is 14.9 Å². The number of Topliss-reactive ketones (excluding diaryl/α,β-unsaturated/α-hetero) is 1. The lowest BCUT2D eigenvalue weighted by Gasteiger charge is -2.15. The summed E-state index contributed by atoms with van der Waals surface area (Å²) in [5.74, 6) is 0.0884. The number of esters is 1. The fourth-order valence-corrected chi connectivity index (χ4v) is 3.51. The molecule has 1 aromatic carbocycles. The van der Waals surface area contributed by atoms with Crippen LogP contribution in [0.1, 0.15) is 78.4 Å². The van der Waals surface area contributed by atoms with Crippen LogP contribution in [0.15, 0.2) is 58.7 Å². The Hall–Kier alpha value is -3.08. The Morgan fingerprint density at radius 2 is 1.65 bits per heavy atom. The predicted molar refractivity (Wildman–Crippen MR) is 138 cm³/mol. The van der Waals surface area contributed by atoms with E-state index in [1.165, 1.54) is 13.0 Å². The van der Waals surface area contributed by atoms with Gasteiger partial charge in [0.25, 0.3) is 0 Å². The first-order valence-corrected chi connectivity index (χ1v) is 11.7. The van der Waals surface area contributed by atoms with E-state index >= 15 is 0 Å². The molecule has 0 aliphatic heterocycles. The Kier molecular flexibility index (Phi) is 12.1. The lowest BCUT2D eigenvalue weighted by Crippen LogP contribution is -2.15. The number of phenols is 2. The standard InChI is InChI=1S/C29H40O5/c1-19(2)11-14-28(32)22(5)10-8-9-20(3)15-27(34-24(7)30)16-21(4)12-13-25-18-26(31)17-23(6)29(25)33/h10-12,15,17-18,27,31,33H,8-9,13-14,16H2,1-7H3/b20-15+,21-12+,22-10+. The van der Waals surface area contributed by atoms with Gasteiger partial charge in [0, 0.05) is 25.3 Å². The second kappa shape index (κ2) is 14.2. The highest BCUT2D eigenvalue weighted by Gasteiger charge is 2.12. The normalized spacial score (nSPS) is 13.4. The van der Waals surface area contributed by atoms with Crippen molar-refractivity contribution in [2.75, 3.05) is 0 Å². The smallest absolute Gasteiger partial charge is 0.303 e. The molecule has 5 heteroatoms. The zero-order valence-corrected chi connectivity index (χ0v) is 21.7. The number of phenolic OH excluding ortho intramolecular Hbond substituents is 2. The third-order valence-electron chi connectivity index (χ3n) is 5.47. The van der Waals surface area contributed by atoms with Gasteiger partial charge in [-0.15, -0.1) is 0 Å². The molecular weight excluding hydrogens is 428 g/mol. The molecule has 0 fully saturated rings. The van der Waals surface area contributed by atoms with Gasteiger partial charge in [0.15, 0.2) is 5.78 Å². The summed E-state index contributed by atoms with van der Waals surface area (Å²) in [5, 5.41) is 20.0. The van der Waals surface area contributed by atoms with Crippen molar-refractivity contribution in [3.63, 3.8) is 0 Å². The zero-order valence-electron chi connectivity index (χ0n) is 21.7. The monoisotopic (exact) mass is 468 g/mol. The number of hydrogen-bond acceptors (Lipinski definition) is 5. The Morgan fingerprint density at radius 3 is 2.26 bits per heavy atom. The minimum atomic E-state index is -0.391. The number of ketones is 1. The number of benzene rings is 1. The molecule has 0 saturated carbocycles. The number of rotatable bonds is 12. The van der Waals surface area contributed by atoms with Gasteiger partial charge in [-0.3, -0.25) is 9.59 Å². The Morgan fingerprint density at radius 1 is 0.971 bits per heavy atom. The van der Waals surface area contributed by atoms with Gasteiger partial charge in [-0.25, -0.2) is 0 Å². The van der Waals surface area contributed by atoms with Gasteiger partial charge in [-0.2, -0.15) is 0 Å². The highest BCUT2D eigenvalue weighted by molar-refractivity contribution is 5.95. The van der Waals surface area contributed by atoms with E-state index in [9.17, 15) is 19.8 Å². The molecule has 186 valence electrons. The topological polar surface area (TPSA) is 83.8 Å². The minimum Gasteiger partial charge on any atom is -0.508 e. The average Bonchev–Trinajstić information content (AvgIpc) is 2.72. The fraction of sp³-hybridized carbons (Fsp3) is 0.448. The van der Waals surface area contributed by atoms with Gasteiger partial charge in [-0.05, 0) is 90.2 Å². The van der Waals surface area contributed by atoms with Crippen molar-refractivity contribution in [3.8, 4) is 11.5 Å². The average molecular weight is 469 g/mol. The Bertz CT molecular complexity index is 988. The van der Waals surface area contributed by atoms with Crippen molar-refractivity contribution in [1.82, 2.24) is 0 Å². The van der Waals surface area contributed by atoms with Crippen LogP contribution in [0.25, 0.3) is 0 Å². The predicted octanol–water partition coefficient (Wildman–Crippen LogP) is 6.82. The second-order valence-corrected chi connectivity index (χ2v) is 9.22. The molecule has 1 aromatic rings. The SMILES string of the molecule is CC(=O)OC(/C=C(\C)CC/C=C(\C)C(=O)CC=C(C)C)C/C(C)=C/Cc1cc(O)cc(C)c1O. The summed E-state index contributed by atoms with van der Waals surface area (Å²) >= 11 is 0. The molecule has 5 nitrogen and oxygen atoms in total. The number of allylic oxidation sites excluding steroid dienone is 6. The summed E-state index contributed by atoms with van der Waals surface area (Å²) in [4.78, 5) is 23.8. The second-order valence-electron chi connectivity index (χ2n) is 9.22. The van der Waals surface area contributed by atoms with Crippen LogP contribution in [0.2, 0.25) is 0 Å². The van der Waals surface area contributed by atoms with E-state index in [4.69, 9.17) is 4.74 Å². The van der Waals surface area contributed by atoms with Crippen LogP contribution in [-0.2, 0) is 20.7 Å². The maximum absolute atomic E-state index is 12.1. The van der Waals surface area contributed by atoms with Crippen LogP contribution in [0.5, 0.6) is 11.5 Å². The number of aryl methyl sites for hydroxylation is 1. The number of carbonyl (C=O) groups excluding carboxylic acids is 2. The molecule has 0 amide bonds. The van der Waals surface area contributed by atoms with Crippen molar-refractivity contribution in [2.45, 2.75) is 86.7 Å². The van der Waals surface area contributed by atoms with Crippen LogP contribution >= 0.6 is 0 Å². The van der Waals surface area contributed by atoms with E-state index in [2.05, 4.69) is 0 Å². The molecule has 0 aliphatic carbocycles. The molecule has 0 saturated heterocycles. The van der Waals surface area contributed by atoms with E-state index in [0.717, 1.165) is 35.1 Å². The number of carbonyl (C=O) groups is 2. The van der Waals surface area contributed by atoms with E-state index in [1.807, 2.05) is 58.9 Å². The van der Waals surface area contributed by atoms with E-state index in [-0.39, 0.29) is 23.3 Å². The number of ether oxygens (including phenoxy) is 1. The lowest BCUT2D eigenvalue weighted by molar-refractivity contribution is -0.144. The van der Waals surface area contributed by atoms with Gasteiger partial charge in [-0.1, -0.05) is 34.9 Å². The van der Waals surface area contributed by atoms with Gasteiger partial charge in [0.1, 0.15) is 17.6 Å². The largest absolute Gasteiger partial charge is 0.508 e. The van der Waals surface area contributed by atoms with Crippen LogP contribution in [0.3, 0.4) is 0 Å². The van der Waals surface area contributed by atoms with Gasteiger partial charge in [0.05, 0.1) is 0 Å². The molecule has 1 unspecified atom stereocenters. The summed E-state index contributed by atoms with van der Waals surface area (Å²) in [6.45, 7) is 12.9. The third kappa shape index (κ3) is 11.2. The third-order valence-corrected chi connectivity index (χ3v) is 5.47. The van der Waals surface area contributed by atoms with E-state index in [0.29, 0.717) is 30.4 Å². The van der Waals surface area contributed by atoms with Crippen molar-refractivity contribution >= 4 is 11.8 Å². The molecule has 0 heterocycles. The fourth-order valence-electron chi connectivity index (χ4n) is 3.51. The molecule has 0 bridgehead atoms. The maximum atomic E-state index is 12.1. The van der Waals surface area contributed by atoms with Crippen LogP contribution in [-0.4, -0.2) is 28.1 Å². The highest BCUT2D eigenvalue weighted by atomic mass is 16.5. The van der Waals surface area contributed by atoms with Crippen molar-refractivity contribution < 1.29 is 24.5 Å². The van der Waals surface area contributed by atoms with Crippen LogP contribution in [0, 0.1) is 6.92 Å². The van der Waals surface area contributed by atoms with Crippen LogP contribution in [0.4, 0.5) is 0 Å². The van der Waals surface area contributed by atoms with E-state index < -0.39 is 6.10 Å². The Balaban J connectivity index is 2.80. The summed E-state index contributed by atoms with van der Waals surface area (Å²) in [5.41, 5.74) is 5.27. The summed E-state index contributed by atoms with van der Waals surface area (Å²) < 4.78 is 5.50. The summed E-state index contributed by atoms with van der Waals surface area (Å²) in [7, 11) is 0. The van der Waals surface area contributed by atoms with Gasteiger partial charge in [0.2, 0.25) is 0 Å². The number of hydrogen-bond donors (Lipinski definition) is 2. The first kappa shape index (κ1) is 29.0. The molecule has 1 rings (SSSR count). The van der Waals surface area contributed by atoms with Crippen molar-refractivity contribution in [2.24, 2.45) is 0 Å². The molecule has 0 aromatic heterocycles. The molecule has 1 atom stereocenters. The molecule has 34 heavy (non-hydrogen) atoms. The quantitative estimate of drug-likeness (QED) is 0.152. The maximum Gasteiger partial charge on any atom is 0.303 e. The van der Waals surface area contributed by atoms with Crippen molar-refractivity contribution in [3.05, 3.63) is 69.9 Å². The Labute approximate surface area is 204 Å².